The Kier molecular flexibility index (Phi) is 13.3. The number of hydrogen-bond donors (Lipinski definition) is 0. The number of benzene rings is 1. The summed E-state index contributed by atoms with van der Waals surface area (Å²) < 4.78 is 6.49. The maximum atomic E-state index is 8.50. The Morgan fingerprint density at radius 2 is 1.66 bits per heavy atom. The Morgan fingerprint density at radius 1 is 1.00 bits per heavy atom. The van der Waals surface area contributed by atoms with Crippen molar-refractivity contribution in [1.29, 1.82) is 5.26 Å². The van der Waals surface area contributed by atoms with Gasteiger partial charge in [0.1, 0.15) is 0 Å². The van der Waals surface area contributed by atoms with Gasteiger partial charge in [0.05, 0.1) is 17.2 Å². The first-order chi connectivity index (χ1) is 16.4. The number of ether oxygens (including phenoxy) is 1. The third-order valence-electron chi connectivity index (χ3n) is 7.86. The lowest BCUT2D eigenvalue weighted by Gasteiger charge is -2.52. The summed E-state index contributed by atoms with van der Waals surface area (Å²) >= 11 is 0. The first kappa shape index (κ1) is 31.4. The van der Waals surface area contributed by atoms with Crippen molar-refractivity contribution in [2.75, 3.05) is 6.61 Å². The molecule has 0 saturated heterocycles. The van der Waals surface area contributed by atoms with Gasteiger partial charge in [0, 0.05) is 6.61 Å². The van der Waals surface area contributed by atoms with Crippen molar-refractivity contribution in [3.05, 3.63) is 47.0 Å². The average Bonchev–Trinajstić information content (AvgIpc) is 2.75. The second kappa shape index (κ2) is 14.8. The van der Waals surface area contributed by atoms with E-state index < -0.39 is 0 Å². The van der Waals surface area contributed by atoms with E-state index in [0.717, 1.165) is 18.1 Å². The van der Waals surface area contributed by atoms with E-state index in [1.54, 1.807) is 0 Å². The number of hydrogen-bond acceptors (Lipinski definition) is 2. The molecule has 0 heterocycles. The monoisotopic (exact) mass is 481 g/mol. The van der Waals surface area contributed by atoms with Gasteiger partial charge in [-0.05, 0) is 107 Å². The Labute approximate surface area is 218 Å². The van der Waals surface area contributed by atoms with Crippen LogP contribution >= 0.6 is 0 Å². The van der Waals surface area contributed by atoms with Crippen LogP contribution < -0.4 is 0 Å². The Hall–Kier alpha value is -1.59. The third-order valence-corrected chi connectivity index (χ3v) is 7.86. The summed E-state index contributed by atoms with van der Waals surface area (Å²) in [6, 6.07) is 7.79. The van der Waals surface area contributed by atoms with E-state index in [4.69, 9.17) is 10.00 Å². The third kappa shape index (κ3) is 11.8. The zero-order valence-electron chi connectivity index (χ0n) is 24.6. The van der Waals surface area contributed by atoms with Crippen LogP contribution in [0.3, 0.4) is 0 Å². The lowest BCUT2D eigenvalue weighted by molar-refractivity contribution is -0.128. The molecular formula is C33H55NO. The minimum Gasteiger partial charge on any atom is -0.375 e. The smallest absolute Gasteiger partial charge is 0.0991 e. The predicted molar refractivity (Wildman–Crippen MR) is 153 cm³/mol. The number of allylic oxidation sites excluding steroid dienone is 2. The zero-order valence-corrected chi connectivity index (χ0v) is 24.6. The summed E-state index contributed by atoms with van der Waals surface area (Å²) in [5.41, 5.74) is 4.16. The van der Waals surface area contributed by atoms with Gasteiger partial charge >= 0.3 is 0 Å². The maximum absolute atomic E-state index is 8.50. The quantitative estimate of drug-likeness (QED) is 0.363. The van der Waals surface area contributed by atoms with Gasteiger partial charge in [0.25, 0.3) is 0 Å². The van der Waals surface area contributed by atoms with Crippen LogP contribution in [0.5, 0.6) is 0 Å². The highest BCUT2D eigenvalue weighted by molar-refractivity contribution is 5.36. The summed E-state index contributed by atoms with van der Waals surface area (Å²) in [4.78, 5) is 0. The van der Waals surface area contributed by atoms with E-state index in [-0.39, 0.29) is 5.60 Å². The molecule has 0 amide bonds. The highest BCUT2D eigenvalue weighted by Crippen LogP contribution is 2.53. The van der Waals surface area contributed by atoms with Crippen molar-refractivity contribution < 1.29 is 4.74 Å². The lowest BCUT2D eigenvalue weighted by Crippen LogP contribution is -2.47. The van der Waals surface area contributed by atoms with Crippen LogP contribution in [0.1, 0.15) is 129 Å². The fraction of sp³-hybridized carbons (Fsp3) is 0.727. The van der Waals surface area contributed by atoms with Crippen molar-refractivity contribution in [2.45, 2.75) is 132 Å². The first-order valence-electron chi connectivity index (χ1n) is 14.1. The number of rotatable bonds is 7. The summed E-state index contributed by atoms with van der Waals surface area (Å²) in [5, 5.41) is 8.50. The van der Waals surface area contributed by atoms with Crippen LogP contribution in [0, 0.1) is 41.9 Å². The van der Waals surface area contributed by atoms with Gasteiger partial charge < -0.3 is 4.74 Å². The summed E-state index contributed by atoms with van der Waals surface area (Å²) in [6.07, 6.45) is 17.5. The van der Waals surface area contributed by atoms with E-state index in [2.05, 4.69) is 40.7 Å². The molecule has 2 fully saturated rings. The molecule has 0 spiro atoms. The summed E-state index contributed by atoms with van der Waals surface area (Å²) in [5.74, 6) is 0.969. The molecule has 2 nitrogen and oxygen atoms in total. The summed E-state index contributed by atoms with van der Waals surface area (Å²) in [7, 11) is 0. The Morgan fingerprint density at radius 3 is 2.14 bits per heavy atom. The predicted octanol–water partition coefficient (Wildman–Crippen LogP) is 10.1. The molecule has 3 rings (SSSR count). The van der Waals surface area contributed by atoms with Gasteiger partial charge in [-0.1, -0.05) is 78.0 Å². The molecule has 2 heteroatoms. The molecule has 2 aliphatic rings. The SMILES string of the molecule is C/C=C\C.CCCCC1(C)CC(C)(C)CC(C)(OCCC2CCC2)C1.Cc1ccc(C#N)cc1C. The van der Waals surface area contributed by atoms with Crippen molar-refractivity contribution >= 4 is 0 Å². The number of unbranched alkanes of at least 4 members (excludes halogenated alkanes) is 1. The second-order valence-corrected chi connectivity index (χ2v) is 12.6. The molecule has 35 heavy (non-hydrogen) atoms. The van der Waals surface area contributed by atoms with Crippen molar-refractivity contribution in [1.82, 2.24) is 0 Å². The molecule has 2 atom stereocenters. The van der Waals surface area contributed by atoms with E-state index in [0.29, 0.717) is 10.8 Å². The van der Waals surface area contributed by atoms with Crippen LogP contribution in [-0.4, -0.2) is 12.2 Å². The molecule has 2 saturated carbocycles. The van der Waals surface area contributed by atoms with Gasteiger partial charge in [0.15, 0.2) is 0 Å². The molecule has 0 aromatic heterocycles. The van der Waals surface area contributed by atoms with Crippen LogP contribution in [0.25, 0.3) is 0 Å². The van der Waals surface area contributed by atoms with Crippen LogP contribution in [0.15, 0.2) is 30.4 Å². The van der Waals surface area contributed by atoms with E-state index in [9.17, 15) is 0 Å². The topological polar surface area (TPSA) is 33.0 Å². The van der Waals surface area contributed by atoms with E-state index >= 15 is 0 Å². The zero-order chi connectivity index (χ0) is 26.5. The summed E-state index contributed by atoms with van der Waals surface area (Å²) in [6.45, 7) is 21.1. The van der Waals surface area contributed by atoms with Gasteiger partial charge in [-0.3, -0.25) is 0 Å². The molecule has 198 valence electrons. The van der Waals surface area contributed by atoms with Gasteiger partial charge in [-0.25, -0.2) is 0 Å². The fourth-order valence-electron chi connectivity index (χ4n) is 6.20. The van der Waals surface area contributed by atoms with Crippen molar-refractivity contribution in [3.8, 4) is 6.07 Å². The molecule has 2 unspecified atom stereocenters. The standard InChI is InChI=1S/C20H38O.C9H9N.C4H8/c1-6-7-12-19(4)14-18(2,3)15-20(5,16-19)21-13-11-17-9-8-10-17;1-7-3-4-9(6-10)5-8(7)2;1-3-4-2/h17H,6-16H2,1-5H3;3-5H,1-2H3;3-4H,1-2H3/b;;4-3-. The van der Waals surface area contributed by atoms with E-state index in [1.807, 2.05) is 58.0 Å². The number of nitriles is 1. The largest absolute Gasteiger partial charge is 0.375 e. The highest BCUT2D eigenvalue weighted by atomic mass is 16.5. The van der Waals surface area contributed by atoms with Crippen molar-refractivity contribution in [3.63, 3.8) is 0 Å². The van der Waals surface area contributed by atoms with Crippen LogP contribution in [0.2, 0.25) is 0 Å². The highest BCUT2D eigenvalue weighted by Gasteiger charge is 2.47. The number of aryl methyl sites for hydroxylation is 2. The Balaban J connectivity index is 0.000000362. The first-order valence-corrected chi connectivity index (χ1v) is 14.1. The molecule has 2 aliphatic carbocycles. The lowest BCUT2D eigenvalue weighted by atomic mass is 9.58. The van der Waals surface area contributed by atoms with Crippen LogP contribution in [0.4, 0.5) is 0 Å². The second-order valence-electron chi connectivity index (χ2n) is 12.6. The molecule has 0 aliphatic heterocycles. The van der Waals surface area contributed by atoms with E-state index in [1.165, 1.54) is 75.3 Å². The van der Waals surface area contributed by atoms with Gasteiger partial charge in [-0.2, -0.15) is 5.26 Å². The van der Waals surface area contributed by atoms with Crippen LogP contribution in [-0.2, 0) is 4.74 Å². The Bertz CT molecular complexity index is 809. The molecule has 0 radical (unpaired) electrons. The molecule has 0 N–H and O–H groups in total. The molecule has 1 aromatic carbocycles. The van der Waals surface area contributed by atoms with Gasteiger partial charge in [0.2, 0.25) is 0 Å². The molecule has 1 aromatic rings. The van der Waals surface area contributed by atoms with Gasteiger partial charge in [-0.15, -0.1) is 0 Å². The van der Waals surface area contributed by atoms with Crippen molar-refractivity contribution in [2.24, 2.45) is 16.7 Å². The molecule has 0 bridgehead atoms. The minimum absolute atomic E-state index is 0.105. The normalized spacial score (nSPS) is 25.5. The molecular weight excluding hydrogens is 426 g/mol. The average molecular weight is 482 g/mol. The maximum Gasteiger partial charge on any atom is 0.0991 e. The number of nitrogens with zero attached hydrogens (tertiary/aromatic N) is 1. The fourth-order valence-corrected chi connectivity index (χ4v) is 6.20. The minimum atomic E-state index is 0.105.